The fourth-order valence-corrected chi connectivity index (χ4v) is 2.45. The van der Waals surface area contributed by atoms with E-state index in [2.05, 4.69) is 88.0 Å². The highest BCUT2D eigenvalue weighted by atomic mass is 14.7. The van der Waals surface area contributed by atoms with Crippen molar-refractivity contribution < 1.29 is 0 Å². The van der Waals surface area contributed by atoms with Crippen LogP contribution in [0.3, 0.4) is 0 Å². The Labute approximate surface area is 186 Å². The van der Waals surface area contributed by atoms with Crippen molar-refractivity contribution in [1.29, 1.82) is 0 Å². The summed E-state index contributed by atoms with van der Waals surface area (Å²) in [6, 6.07) is 0. The Morgan fingerprint density at radius 2 is 0.900 bits per heavy atom. The van der Waals surface area contributed by atoms with Crippen LogP contribution in [-0.4, -0.2) is 12.4 Å². The average molecular weight is 409 g/mol. The van der Waals surface area contributed by atoms with E-state index in [0.717, 1.165) is 35.4 Å². The molecule has 0 aromatic carbocycles. The Kier molecular flexibility index (Phi) is 16.3. The topological polar surface area (TPSA) is 24.7 Å². The number of hydrogen-bond donors (Lipinski definition) is 0. The Morgan fingerprint density at radius 3 is 1.23 bits per heavy atom. The van der Waals surface area contributed by atoms with Gasteiger partial charge in [-0.2, -0.15) is 0 Å². The molecule has 0 saturated carbocycles. The molecule has 2 nitrogen and oxygen atoms in total. The lowest BCUT2D eigenvalue weighted by atomic mass is 10.1. The van der Waals surface area contributed by atoms with Crippen molar-refractivity contribution in [2.75, 3.05) is 0 Å². The molecular weight excluding hydrogens is 364 g/mol. The van der Waals surface area contributed by atoms with Crippen molar-refractivity contribution in [3.8, 4) is 0 Å². The summed E-state index contributed by atoms with van der Waals surface area (Å²) in [7, 11) is 0. The predicted octanol–water partition coefficient (Wildman–Crippen LogP) is 9.10. The third kappa shape index (κ3) is 16.7. The lowest BCUT2D eigenvalue weighted by molar-refractivity contribution is 0.787. The van der Waals surface area contributed by atoms with Gasteiger partial charge in [-0.15, -0.1) is 0 Å². The van der Waals surface area contributed by atoms with Gasteiger partial charge in [0.25, 0.3) is 0 Å². The number of aliphatic imine (C=N–C) groups is 2. The molecule has 2 heteroatoms. The van der Waals surface area contributed by atoms with Crippen molar-refractivity contribution in [1.82, 2.24) is 0 Å². The molecule has 0 saturated heterocycles. The van der Waals surface area contributed by atoms with Crippen molar-refractivity contribution >= 4 is 12.4 Å². The van der Waals surface area contributed by atoms with E-state index in [-0.39, 0.29) is 0 Å². The van der Waals surface area contributed by atoms with Gasteiger partial charge in [-0.1, -0.05) is 62.1 Å². The Balaban J connectivity index is 4.80. The standard InChI is InChI=1S/C28H44N2/c1-9-11-13-23(3)17-19-27(7)29-21-25(5)15-16-26(6)22-30-28(8)20-18-24(4)14-12-10-2/h15-22H,9-14H2,1-8H3/b23-17+,24-18+,25-15+,26-16+,27-19+,28-20+,29-21+,30-22+. The number of rotatable bonds is 13. The molecule has 0 aliphatic rings. The molecule has 0 aromatic heterocycles. The maximum absolute atomic E-state index is 4.54. The maximum Gasteiger partial charge on any atom is 0.0372 e. The molecule has 0 aromatic rings. The highest BCUT2D eigenvalue weighted by Crippen LogP contribution is 2.08. The third-order valence-corrected chi connectivity index (χ3v) is 4.62. The fourth-order valence-electron chi connectivity index (χ4n) is 2.45. The van der Waals surface area contributed by atoms with E-state index in [9.17, 15) is 0 Å². The van der Waals surface area contributed by atoms with Crippen LogP contribution in [0.25, 0.3) is 0 Å². The van der Waals surface area contributed by atoms with Crippen LogP contribution < -0.4 is 0 Å². The van der Waals surface area contributed by atoms with Gasteiger partial charge in [0.1, 0.15) is 0 Å². The largest absolute Gasteiger partial charge is 0.261 e. The van der Waals surface area contributed by atoms with E-state index in [1.165, 1.54) is 36.8 Å². The van der Waals surface area contributed by atoms with E-state index in [0.29, 0.717) is 0 Å². The van der Waals surface area contributed by atoms with Gasteiger partial charge in [-0.25, -0.2) is 0 Å². The van der Waals surface area contributed by atoms with Gasteiger partial charge in [0, 0.05) is 23.8 Å². The van der Waals surface area contributed by atoms with E-state index in [1.54, 1.807) is 0 Å². The second kappa shape index (κ2) is 17.6. The molecule has 0 bridgehead atoms. The Bertz CT molecular complexity index is 671. The predicted molar refractivity (Wildman–Crippen MR) is 139 cm³/mol. The molecule has 0 amide bonds. The normalized spacial score (nSPS) is 15.7. The average Bonchev–Trinajstić information content (AvgIpc) is 2.73. The Morgan fingerprint density at radius 1 is 0.533 bits per heavy atom. The first-order chi connectivity index (χ1) is 14.3. The molecule has 0 N–H and O–H groups in total. The summed E-state index contributed by atoms with van der Waals surface area (Å²) in [5.74, 6) is 0. The maximum atomic E-state index is 4.54. The molecule has 0 aliphatic heterocycles. The lowest BCUT2D eigenvalue weighted by Gasteiger charge is -1.97. The summed E-state index contributed by atoms with van der Waals surface area (Å²) < 4.78 is 0. The zero-order chi connectivity index (χ0) is 22.8. The van der Waals surface area contributed by atoms with Gasteiger partial charge < -0.3 is 0 Å². The molecular formula is C28H44N2. The summed E-state index contributed by atoms with van der Waals surface area (Å²) in [5.41, 5.74) is 7.08. The smallest absolute Gasteiger partial charge is 0.0372 e. The zero-order valence-electron chi connectivity index (χ0n) is 20.8. The van der Waals surface area contributed by atoms with E-state index in [4.69, 9.17) is 0 Å². The molecule has 0 spiro atoms. The van der Waals surface area contributed by atoms with E-state index >= 15 is 0 Å². The number of hydrogen-bond acceptors (Lipinski definition) is 2. The summed E-state index contributed by atoms with van der Waals surface area (Å²) >= 11 is 0. The van der Waals surface area contributed by atoms with Gasteiger partial charge in [0.2, 0.25) is 0 Å². The second-order valence-electron chi connectivity index (χ2n) is 8.19. The summed E-state index contributed by atoms with van der Waals surface area (Å²) in [5, 5.41) is 0. The summed E-state index contributed by atoms with van der Waals surface area (Å²) in [4.78, 5) is 9.07. The summed E-state index contributed by atoms with van der Waals surface area (Å²) in [6.07, 6.45) is 23.8. The van der Waals surface area contributed by atoms with Crippen molar-refractivity contribution in [2.24, 2.45) is 9.98 Å². The minimum atomic E-state index is 1.02. The minimum absolute atomic E-state index is 1.02. The van der Waals surface area contributed by atoms with Gasteiger partial charge in [0.15, 0.2) is 0 Å². The number of nitrogens with zero attached hydrogens (tertiary/aromatic N) is 2. The van der Waals surface area contributed by atoms with Crippen molar-refractivity contribution in [3.63, 3.8) is 0 Å². The van der Waals surface area contributed by atoms with Crippen LogP contribution in [0.2, 0.25) is 0 Å². The molecule has 30 heavy (non-hydrogen) atoms. The first-order valence-electron chi connectivity index (χ1n) is 11.4. The number of unbranched alkanes of at least 4 members (excludes halogenated alkanes) is 2. The van der Waals surface area contributed by atoms with Crippen LogP contribution in [-0.2, 0) is 0 Å². The molecule has 0 rings (SSSR count). The van der Waals surface area contributed by atoms with Gasteiger partial charge in [-0.05, 0) is 90.5 Å². The molecule has 0 atom stereocenters. The molecule has 0 aliphatic carbocycles. The monoisotopic (exact) mass is 408 g/mol. The van der Waals surface area contributed by atoms with E-state index in [1.807, 2.05) is 26.3 Å². The van der Waals surface area contributed by atoms with Crippen molar-refractivity contribution in [2.45, 2.75) is 93.9 Å². The van der Waals surface area contributed by atoms with Gasteiger partial charge in [0.05, 0.1) is 0 Å². The van der Waals surface area contributed by atoms with Crippen LogP contribution >= 0.6 is 0 Å². The van der Waals surface area contributed by atoms with Crippen molar-refractivity contribution in [3.05, 3.63) is 70.1 Å². The second-order valence-corrected chi connectivity index (χ2v) is 8.19. The SMILES string of the molecule is CCCC/C(C)=C/C=C(C)/N=C/C(C)=C/C=C(C)/C=N/C(C)=C/C=C(\C)CCCC. The molecule has 0 radical (unpaired) electrons. The lowest BCUT2D eigenvalue weighted by Crippen LogP contribution is -1.82. The fraction of sp³-hybridized carbons (Fsp3) is 0.500. The quantitative estimate of drug-likeness (QED) is 0.214. The summed E-state index contributed by atoms with van der Waals surface area (Å²) in [6.45, 7) is 17.0. The van der Waals surface area contributed by atoms with Crippen LogP contribution in [0, 0.1) is 0 Å². The van der Waals surface area contributed by atoms with Crippen LogP contribution in [0.1, 0.15) is 93.9 Å². The minimum Gasteiger partial charge on any atom is -0.261 e. The molecule has 0 heterocycles. The molecule has 166 valence electrons. The highest BCUT2D eigenvalue weighted by Gasteiger charge is 1.90. The third-order valence-electron chi connectivity index (χ3n) is 4.62. The molecule has 0 fully saturated rings. The molecule has 0 unspecified atom stereocenters. The van der Waals surface area contributed by atoms with Crippen LogP contribution in [0.5, 0.6) is 0 Å². The first kappa shape index (κ1) is 27.8. The van der Waals surface area contributed by atoms with Crippen LogP contribution in [0.4, 0.5) is 0 Å². The van der Waals surface area contributed by atoms with Gasteiger partial charge in [-0.3, -0.25) is 9.98 Å². The Hall–Kier alpha value is -2.22. The van der Waals surface area contributed by atoms with E-state index < -0.39 is 0 Å². The van der Waals surface area contributed by atoms with Crippen LogP contribution in [0.15, 0.2) is 80.1 Å². The first-order valence-corrected chi connectivity index (χ1v) is 11.4. The highest BCUT2D eigenvalue weighted by molar-refractivity contribution is 5.81. The van der Waals surface area contributed by atoms with Gasteiger partial charge >= 0.3 is 0 Å². The zero-order valence-corrected chi connectivity index (χ0v) is 20.8. The number of allylic oxidation sites excluding steroid dienone is 12.